The van der Waals surface area contributed by atoms with Crippen molar-refractivity contribution >= 4 is 21.8 Å². The molecule has 0 radical (unpaired) electrons. The highest BCUT2D eigenvalue weighted by Crippen LogP contribution is 2.42. The van der Waals surface area contributed by atoms with Crippen molar-refractivity contribution in [1.82, 2.24) is 19.5 Å². The Morgan fingerprint density at radius 3 is 1.38 bits per heavy atom. The van der Waals surface area contributed by atoms with E-state index in [0.29, 0.717) is 11.1 Å². The van der Waals surface area contributed by atoms with Crippen molar-refractivity contribution in [3.63, 3.8) is 0 Å². The molecule has 0 fully saturated rings. The van der Waals surface area contributed by atoms with Gasteiger partial charge < -0.3 is 4.57 Å². The second-order valence-corrected chi connectivity index (χ2v) is 12.2. The maximum absolute atomic E-state index is 15.2. The van der Waals surface area contributed by atoms with Crippen molar-refractivity contribution in [3.8, 4) is 51.0 Å². The molecule has 8 rings (SSSR count). The summed E-state index contributed by atoms with van der Waals surface area (Å²) in [6.45, 7) is 0. The number of alkyl halides is 6. The van der Waals surface area contributed by atoms with Crippen LogP contribution in [0.2, 0.25) is 0 Å². The van der Waals surface area contributed by atoms with E-state index in [1.807, 2.05) is 0 Å². The lowest BCUT2D eigenvalue weighted by molar-refractivity contribution is -0.138. The van der Waals surface area contributed by atoms with Crippen LogP contribution >= 0.6 is 0 Å². The molecule has 8 aromatic rings. The molecule has 0 aliphatic rings. The first-order valence-electron chi connectivity index (χ1n) is 16.1. The highest BCUT2D eigenvalue weighted by molar-refractivity contribution is 6.10. The predicted octanol–water partition coefficient (Wildman–Crippen LogP) is 12.0. The van der Waals surface area contributed by atoms with Gasteiger partial charge in [-0.25, -0.2) is 23.7 Å². The van der Waals surface area contributed by atoms with Crippen molar-refractivity contribution in [1.29, 1.82) is 0 Å². The van der Waals surface area contributed by atoms with Crippen LogP contribution in [0.5, 0.6) is 0 Å². The zero-order chi connectivity index (χ0) is 37.1. The van der Waals surface area contributed by atoms with E-state index in [1.165, 1.54) is 41.0 Å². The normalized spacial score (nSPS) is 12.2. The fourth-order valence-corrected chi connectivity index (χ4v) is 6.40. The number of hydrogen-bond donors (Lipinski definition) is 0. The molecule has 0 bridgehead atoms. The second kappa shape index (κ2) is 12.7. The van der Waals surface area contributed by atoms with Crippen molar-refractivity contribution in [2.24, 2.45) is 0 Å². The summed E-state index contributed by atoms with van der Waals surface area (Å²) in [6, 6.07) is 30.9. The quantitative estimate of drug-likeness (QED) is 0.166. The molecule has 0 spiro atoms. The molecule has 0 amide bonds. The maximum Gasteiger partial charge on any atom is 0.416 e. The third-order valence-electron chi connectivity index (χ3n) is 8.85. The number of halogens is 8. The van der Waals surface area contributed by atoms with Crippen LogP contribution in [0.15, 0.2) is 133 Å². The van der Waals surface area contributed by atoms with E-state index >= 15 is 8.78 Å². The van der Waals surface area contributed by atoms with Gasteiger partial charge in [0.05, 0.1) is 33.4 Å². The van der Waals surface area contributed by atoms with E-state index in [0.717, 1.165) is 36.4 Å². The van der Waals surface area contributed by atoms with Crippen LogP contribution in [-0.2, 0) is 12.4 Å². The molecule has 0 N–H and O–H groups in total. The van der Waals surface area contributed by atoms with E-state index < -0.39 is 40.7 Å². The molecule has 12 heteroatoms. The lowest BCUT2D eigenvalue weighted by Gasteiger charge is -2.17. The van der Waals surface area contributed by atoms with Gasteiger partial charge in [-0.15, -0.1) is 0 Å². The first kappa shape index (κ1) is 33.7. The number of fused-ring (bicyclic) bond motifs is 3. The van der Waals surface area contributed by atoms with Gasteiger partial charge in [0.2, 0.25) is 0 Å². The van der Waals surface area contributed by atoms with Crippen LogP contribution in [-0.4, -0.2) is 19.5 Å². The van der Waals surface area contributed by atoms with Crippen LogP contribution in [0.25, 0.3) is 72.8 Å². The van der Waals surface area contributed by atoms with Crippen LogP contribution in [0.3, 0.4) is 0 Å². The summed E-state index contributed by atoms with van der Waals surface area (Å²) in [5.74, 6) is -1.44. The average molecular weight is 723 g/mol. The second-order valence-electron chi connectivity index (χ2n) is 12.2. The van der Waals surface area contributed by atoms with Gasteiger partial charge in [-0.2, -0.15) is 26.3 Å². The summed E-state index contributed by atoms with van der Waals surface area (Å²) in [4.78, 5) is 14.2. The summed E-state index contributed by atoms with van der Waals surface area (Å²) >= 11 is 0. The Hall–Kier alpha value is -6.43. The van der Waals surface area contributed by atoms with E-state index in [9.17, 15) is 26.3 Å². The average Bonchev–Trinajstić information content (AvgIpc) is 3.47. The molecular weight excluding hydrogens is 700 g/mol. The van der Waals surface area contributed by atoms with E-state index in [1.54, 1.807) is 60.7 Å². The number of rotatable bonds is 5. The molecule has 53 heavy (non-hydrogen) atoms. The summed E-state index contributed by atoms with van der Waals surface area (Å²) < 4.78 is 117. The lowest BCUT2D eigenvalue weighted by atomic mass is 9.99. The van der Waals surface area contributed by atoms with Crippen LogP contribution in [0, 0.1) is 11.6 Å². The Morgan fingerprint density at radius 2 is 0.906 bits per heavy atom. The first-order valence-corrected chi connectivity index (χ1v) is 16.1. The number of benzene rings is 6. The summed E-state index contributed by atoms with van der Waals surface area (Å²) in [5, 5.41) is 0.477. The van der Waals surface area contributed by atoms with Gasteiger partial charge in [-0.1, -0.05) is 84.9 Å². The SMILES string of the molecule is Fc1cccc(F)c1-c1ccc(-n2c3cc(C(F)(F)F)ccc3c3ccc(C(F)(F)F)cc32)c(-c2nc(-c3ccccc3)nc(-c3ccccc3)n2)c1. The minimum absolute atomic E-state index is 0.0232. The van der Waals surface area contributed by atoms with Gasteiger partial charge in [0.15, 0.2) is 17.5 Å². The minimum atomic E-state index is -4.79. The van der Waals surface area contributed by atoms with Gasteiger partial charge in [0.25, 0.3) is 0 Å². The van der Waals surface area contributed by atoms with Crippen molar-refractivity contribution in [2.75, 3.05) is 0 Å². The highest BCUT2D eigenvalue weighted by Gasteiger charge is 2.34. The van der Waals surface area contributed by atoms with Crippen molar-refractivity contribution in [2.45, 2.75) is 12.4 Å². The number of nitrogens with zero attached hydrogens (tertiary/aromatic N) is 4. The Balaban J connectivity index is 1.51. The Kier molecular flexibility index (Phi) is 8.05. The zero-order valence-corrected chi connectivity index (χ0v) is 27.0. The molecule has 2 heterocycles. The molecule has 0 unspecified atom stereocenters. The predicted molar refractivity (Wildman–Crippen MR) is 186 cm³/mol. The monoisotopic (exact) mass is 722 g/mol. The minimum Gasteiger partial charge on any atom is -0.308 e. The fourth-order valence-electron chi connectivity index (χ4n) is 6.40. The molecule has 0 aliphatic heterocycles. The van der Waals surface area contributed by atoms with Crippen molar-refractivity contribution < 1.29 is 35.1 Å². The summed E-state index contributed by atoms with van der Waals surface area (Å²) in [5.41, 5.74) is -1.33. The molecule has 0 atom stereocenters. The van der Waals surface area contributed by atoms with Gasteiger partial charge in [0.1, 0.15) is 11.6 Å². The van der Waals surface area contributed by atoms with Crippen LogP contribution in [0.1, 0.15) is 11.1 Å². The molecule has 2 aromatic heterocycles. The zero-order valence-electron chi connectivity index (χ0n) is 27.0. The third kappa shape index (κ3) is 6.15. The summed E-state index contributed by atoms with van der Waals surface area (Å²) in [6.07, 6.45) is -9.57. The molecule has 6 aromatic carbocycles. The molecule has 0 saturated carbocycles. The molecular formula is C41H22F8N4. The Labute approximate surface area is 295 Å². The smallest absolute Gasteiger partial charge is 0.308 e. The van der Waals surface area contributed by atoms with E-state index in [2.05, 4.69) is 4.98 Å². The number of aromatic nitrogens is 4. The Morgan fingerprint density at radius 1 is 0.434 bits per heavy atom. The van der Waals surface area contributed by atoms with Gasteiger partial charge in [-0.05, 0) is 54.1 Å². The van der Waals surface area contributed by atoms with E-state index in [-0.39, 0.29) is 56.1 Å². The summed E-state index contributed by atoms with van der Waals surface area (Å²) in [7, 11) is 0. The lowest BCUT2D eigenvalue weighted by Crippen LogP contribution is -2.07. The molecule has 4 nitrogen and oxygen atoms in total. The maximum atomic E-state index is 15.2. The van der Waals surface area contributed by atoms with Gasteiger partial charge >= 0.3 is 12.4 Å². The fraction of sp³-hybridized carbons (Fsp3) is 0.0488. The topological polar surface area (TPSA) is 43.6 Å². The first-order chi connectivity index (χ1) is 25.4. The number of hydrogen-bond acceptors (Lipinski definition) is 3. The van der Waals surface area contributed by atoms with Crippen molar-refractivity contribution in [3.05, 3.63) is 156 Å². The van der Waals surface area contributed by atoms with Crippen LogP contribution in [0.4, 0.5) is 35.1 Å². The van der Waals surface area contributed by atoms with Gasteiger partial charge in [0, 0.05) is 27.5 Å². The Bertz CT molecular complexity index is 2520. The van der Waals surface area contributed by atoms with E-state index in [4.69, 9.17) is 9.97 Å². The van der Waals surface area contributed by atoms with Crippen LogP contribution < -0.4 is 0 Å². The third-order valence-corrected chi connectivity index (χ3v) is 8.85. The molecule has 0 aliphatic carbocycles. The molecule has 0 saturated heterocycles. The standard InChI is InChI=1S/C41H22F8N4/c42-31-12-7-13-32(43)36(31)25-14-19-33(30(20-25)39-51-37(23-8-3-1-4-9-23)50-38(52-39)24-10-5-2-6-11-24)53-34-21-26(40(44,45)46)15-17-28(34)29-18-16-27(22-35(29)53)41(47,48)49/h1-22H. The molecule has 262 valence electrons. The highest BCUT2D eigenvalue weighted by atomic mass is 19.4. The largest absolute Gasteiger partial charge is 0.416 e. The van der Waals surface area contributed by atoms with Gasteiger partial charge in [-0.3, -0.25) is 0 Å².